The van der Waals surface area contributed by atoms with Crippen LogP contribution in [0.3, 0.4) is 0 Å². The Hall–Kier alpha value is -2.23. The first kappa shape index (κ1) is 15.2. The van der Waals surface area contributed by atoms with Gasteiger partial charge in [0.15, 0.2) is 0 Å². The van der Waals surface area contributed by atoms with Crippen molar-refractivity contribution >= 4 is 22.7 Å². The minimum absolute atomic E-state index is 0.322. The fourth-order valence-corrected chi connectivity index (χ4v) is 2.33. The molecule has 0 N–H and O–H groups in total. The van der Waals surface area contributed by atoms with Gasteiger partial charge in [0.1, 0.15) is 5.58 Å². The Morgan fingerprint density at radius 2 is 1.86 bits per heavy atom. The normalized spacial score (nSPS) is 11.2. The Morgan fingerprint density at radius 3 is 2.48 bits per heavy atom. The molecule has 0 spiro atoms. The summed E-state index contributed by atoms with van der Waals surface area (Å²) in [4.78, 5) is 15.9. The number of rotatable bonds is 5. The Bertz CT molecular complexity index is 697. The molecule has 4 nitrogen and oxygen atoms in total. The third-order valence-electron chi connectivity index (χ3n) is 3.44. The smallest absolute Gasteiger partial charge is 0.336 e. The van der Waals surface area contributed by atoms with Crippen molar-refractivity contribution in [2.75, 3.05) is 32.1 Å². The van der Waals surface area contributed by atoms with Gasteiger partial charge < -0.3 is 14.2 Å². The van der Waals surface area contributed by atoms with Gasteiger partial charge in [-0.1, -0.05) is 0 Å². The summed E-state index contributed by atoms with van der Waals surface area (Å²) < 4.78 is 5.36. The fourth-order valence-electron chi connectivity index (χ4n) is 2.33. The number of anilines is 1. The summed E-state index contributed by atoms with van der Waals surface area (Å²) in [7, 11) is 3.89. The average Bonchev–Trinajstić information content (AvgIpc) is 2.45. The fraction of sp³-hybridized carbons (Fsp3) is 0.353. The van der Waals surface area contributed by atoms with Gasteiger partial charge in [-0.25, -0.2) is 4.79 Å². The van der Waals surface area contributed by atoms with Crippen LogP contribution < -0.4 is 10.5 Å². The van der Waals surface area contributed by atoms with Gasteiger partial charge >= 0.3 is 5.63 Å². The Kier molecular flexibility index (Phi) is 4.68. The molecule has 21 heavy (non-hydrogen) atoms. The van der Waals surface area contributed by atoms with E-state index in [0.717, 1.165) is 29.7 Å². The van der Waals surface area contributed by atoms with Crippen LogP contribution in [-0.2, 0) is 0 Å². The van der Waals surface area contributed by atoms with Crippen molar-refractivity contribution in [1.82, 2.24) is 4.90 Å². The number of benzene rings is 1. The lowest BCUT2D eigenvalue weighted by Crippen LogP contribution is -2.21. The quantitative estimate of drug-likeness (QED) is 0.791. The predicted octanol–water partition coefficient (Wildman–Crippen LogP) is 3.17. The number of hydrogen-bond donors (Lipinski definition) is 0. The first-order chi connectivity index (χ1) is 10.0. The predicted molar refractivity (Wildman–Crippen MR) is 88.8 cm³/mol. The molecule has 0 bridgehead atoms. The van der Waals surface area contributed by atoms with Crippen LogP contribution in [0.15, 0.2) is 39.7 Å². The Labute approximate surface area is 125 Å². The van der Waals surface area contributed by atoms with Crippen molar-refractivity contribution in [3.8, 4) is 0 Å². The molecule has 0 saturated heterocycles. The van der Waals surface area contributed by atoms with Crippen molar-refractivity contribution < 1.29 is 4.42 Å². The van der Waals surface area contributed by atoms with Gasteiger partial charge in [0, 0.05) is 50.4 Å². The van der Waals surface area contributed by atoms with Crippen molar-refractivity contribution in [2.45, 2.75) is 13.8 Å². The summed E-state index contributed by atoms with van der Waals surface area (Å²) in [6.45, 7) is 6.07. The second kappa shape index (κ2) is 6.48. The molecule has 0 aliphatic rings. The van der Waals surface area contributed by atoms with Crippen LogP contribution in [0, 0.1) is 0 Å². The monoisotopic (exact) mass is 286 g/mol. The molecule has 0 fully saturated rings. The number of hydrogen-bond acceptors (Lipinski definition) is 4. The molecule has 0 saturated carbocycles. The Balaban J connectivity index is 2.56. The topological polar surface area (TPSA) is 36.7 Å². The highest BCUT2D eigenvalue weighted by Gasteiger charge is 2.07. The van der Waals surface area contributed by atoms with Crippen molar-refractivity contribution in [1.29, 1.82) is 0 Å². The Morgan fingerprint density at radius 1 is 1.14 bits per heavy atom. The summed E-state index contributed by atoms with van der Waals surface area (Å²) >= 11 is 0. The molecule has 0 amide bonds. The van der Waals surface area contributed by atoms with Gasteiger partial charge in [0.2, 0.25) is 0 Å². The molecule has 0 atom stereocenters. The van der Waals surface area contributed by atoms with E-state index in [-0.39, 0.29) is 5.63 Å². The van der Waals surface area contributed by atoms with Crippen molar-refractivity contribution in [3.05, 3.63) is 46.4 Å². The summed E-state index contributed by atoms with van der Waals surface area (Å²) in [6.07, 6.45) is 3.85. The number of fused-ring (bicyclic) bond motifs is 1. The summed E-state index contributed by atoms with van der Waals surface area (Å²) in [5.74, 6) is 0. The zero-order valence-electron chi connectivity index (χ0n) is 13.1. The third-order valence-corrected chi connectivity index (χ3v) is 3.44. The maximum absolute atomic E-state index is 11.7. The van der Waals surface area contributed by atoms with Gasteiger partial charge in [0.25, 0.3) is 0 Å². The SMILES string of the molecule is CCN(CC)c1ccc2c(/C=C\N(C)C)cc(=O)oc2c1. The van der Waals surface area contributed by atoms with Crippen LogP contribution in [-0.4, -0.2) is 32.1 Å². The third kappa shape index (κ3) is 3.45. The van der Waals surface area contributed by atoms with Crippen LogP contribution in [0.5, 0.6) is 0 Å². The highest BCUT2D eigenvalue weighted by molar-refractivity contribution is 5.88. The van der Waals surface area contributed by atoms with E-state index in [2.05, 4.69) is 24.8 Å². The molecule has 1 aromatic carbocycles. The molecule has 112 valence electrons. The minimum atomic E-state index is -0.322. The molecule has 0 aliphatic carbocycles. The molecular formula is C17H22N2O2. The maximum atomic E-state index is 11.7. The van der Waals surface area contributed by atoms with Gasteiger partial charge in [-0.05, 0) is 43.8 Å². The number of nitrogens with zero attached hydrogens (tertiary/aromatic N) is 2. The van der Waals surface area contributed by atoms with Gasteiger partial charge in [0.05, 0.1) is 0 Å². The highest BCUT2D eigenvalue weighted by atomic mass is 16.4. The summed E-state index contributed by atoms with van der Waals surface area (Å²) in [6, 6.07) is 7.56. The molecule has 0 radical (unpaired) electrons. The zero-order valence-corrected chi connectivity index (χ0v) is 13.1. The van der Waals surface area contributed by atoms with Crippen LogP contribution in [0.25, 0.3) is 17.0 Å². The van der Waals surface area contributed by atoms with Crippen molar-refractivity contribution in [2.24, 2.45) is 0 Å². The van der Waals surface area contributed by atoms with Crippen LogP contribution in [0.4, 0.5) is 5.69 Å². The second-order valence-corrected chi connectivity index (χ2v) is 5.15. The van der Waals surface area contributed by atoms with E-state index in [1.54, 1.807) is 0 Å². The van der Waals surface area contributed by atoms with Gasteiger partial charge in [-0.15, -0.1) is 0 Å². The molecule has 2 rings (SSSR count). The first-order valence-corrected chi connectivity index (χ1v) is 7.22. The van der Waals surface area contributed by atoms with E-state index >= 15 is 0 Å². The van der Waals surface area contributed by atoms with E-state index in [0.29, 0.717) is 5.58 Å². The summed E-state index contributed by atoms with van der Waals surface area (Å²) in [5.41, 5.74) is 2.26. The van der Waals surface area contributed by atoms with Crippen molar-refractivity contribution in [3.63, 3.8) is 0 Å². The summed E-state index contributed by atoms with van der Waals surface area (Å²) in [5, 5.41) is 0.948. The van der Waals surface area contributed by atoms with Gasteiger partial charge in [-0.3, -0.25) is 0 Å². The van der Waals surface area contributed by atoms with E-state index in [4.69, 9.17) is 4.42 Å². The largest absolute Gasteiger partial charge is 0.423 e. The molecule has 1 heterocycles. The molecular weight excluding hydrogens is 264 g/mol. The standard InChI is InChI=1S/C17H22N2O2/c1-5-19(6-2)14-7-8-15-13(9-10-18(3)4)11-17(20)21-16(15)12-14/h7-12H,5-6H2,1-4H3/b10-9-. The molecule has 4 heteroatoms. The lowest BCUT2D eigenvalue weighted by atomic mass is 10.1. The first-order valence-electron chi connectivity index (χ1n) is 7.22. The van der Waals surface area contributed by atoms with Crippen LogP contribution >= 0.6 is 0 Å². The molecule has 0 aliphatic heterocycles. The lowest BCUT2D eigenvalue weighted by molar-refractivity contribution is 0.559. The minimum Gasteiger partial charge on any atom is -0.423 e. The highest BCUT2D eigenvalue weighted by Crippen LogP contribution is 2.24. The molecule has 2 aromatic rings. The van der Waals surface area contributed by atoms with E-state index in [1.807, 2.05) is 43.4 Å². The van der Waals surface area contributed by atoms with E-state index < -0.39 is 0 Å². The molecule has 1 aromatic heterocycles. The van der Waals surface area contributed by atoms with E-state index in [1.165, 1.54) is 6.07 Å². The van der Waals surface area contributed by atoms with Crippen LogP contribution in [0.2, 0.25) is 0 Å². The average molecular weight is 286 g/mol. The van der Waals surface area contributed by atoms with Crippen LogP contribution in [0.1, 0.15) is 19.4 Å². The van der Waals surface area contributed by atoms with Gasteiger partial charge in [-0.2, -0.15) is 0 Å². The maximum Gasteiger partial charge on any atom is 0.336 e. The zero-order chi connectivity index (χ0) is 15.4. The second-order valence-electron chi connectivity index (χ2n) is 5.15. The molecule has 0 unspecified atom stereocenters. The van der Waals surface area contributed by atoms with E-state index in [9.17, 15) is 4.79 Å². The lowest BCUT2D eigenvalue weighted by Gasteiger charge is -2.21.